The number of carbonyl (C=O) groups is 1. The van der Waals surface area contributed by atoms with Gasteiger partial charge in [0.25, 0.3) is 11.5 Å². The van der Waals surface area contributed by atoms with Gasteiger partial charge in [-0.05, 0) is 19.3 Å². The number of anilines is 1. The number of H-pyrrole nitrogens is 1. The van der Waals surface area contributed by atoms with Crippen LogP contribution >= 0.6 is 0 Å². The first-order valence-corrected chi connectivity index (χ1v) is 8.99. The SMILES string of the molecule is CCCc1c(N=Nc2ncn[nH]2)c(O)n(C(CC)CC)c(=O)c1NC(C)=O. The van der Waals surface area contributed by atoms with Gasteiger partial charge in [-0.1, -0.05) is 27.2 Å². The van der Waals surface area contributed by atoms with Crippen molar-refractivity contribution in [3.8, 4) is 5.88 Å². The first-order chi connectivity index (χ1) is 12.9. The molecule has 0 spiro atoms. The van der Waals surface area contributed by atoms with Crippen LogP contribution in [0.3, 0.4) is 0 Å². The van der Waals surface area contributed by atoms with E-state index in [0.717, 1.165) is 0 Å². The standard InChI is InChI=1S/C17H25N7O3/c1-5-8-12-13(20-10(4)25)15(26)24(11(6-2)7-3)16(27)14(12)21-23-17-18-9-19-22-17/h9,11,27H,5-8H2,1-4H3,(H,20,25)(H,18,19,22). The molecule has 0 fully saturated rings. The number of hydrogen-bond acceptors (Lipinski definition) is 7. The van der Waals surface area contributed by atoms with Crippen molar-refractivity contribution in [2.24, 2.45) is 10.2 Å². The minimum absolute atomic E-state index is 0.126. The Kier molecular flexibility index (Phi) is 6.80. The van der Waals surface area contributed by atoms with Crippen LogP contribution in [-0.4, -0.2) is 30.8 Å². The van der Waals surface area contributed by atoms with E-state index in [4.69, 9.17) is 0 Å². The molecule has 3 N–H and O–H groups in total. The molecule has 2 aromatic heterocycles. The largest absolute Gasteiger partial charge is 0.493 e. The molecule has 1 amide bonds. The van der Waals surface area contributed by atoms with Crippen molar-refractivity contribution >= 4 is 23.2 Å². The number of nitrogens with one attached hydrogen (secondary N) is 2. The van der Waals surface area contributed by atoms with Crippen molar-refractivity contribution in [2.45, 2.75) is 59.4 Å². The van der Waals surface area contributed by atoms with Gasteiger partial charge in [0.2, 0.25) is 11.8 Å². The van der Waals surface area contributed by atoms with Crippen LogP contribution in [0.25, 0.3) is 0 Å². The maximum atomic E-state index is 13.1. The fourth-order valence-electron chi connectivity index (χ4n) is 2.95. The van der Waals surface area contributed by atoms with Crippen LogP contribution < -0.4 is 10.9 Å². The van der Waals surface area contributed by atoms with Crippen molar-refractivity contribution in [1.29, 1.82) is 0 Å². The maximum Gasteiger partial charge on any atom is 0.277 e. The molecule has 0 saturated heterocycles. The molecule has 10 nitrogen and oxygen atoms in total. The Balaban J connectivity index is 2.78. The molecule has 0 aliphatic carbocycles. The molecule has 0 saturated carbocycles. The minimum Gasteiger partial charge on any atom is -0.493 e. The van der Waals surface area contributed by atoms with Crippen LogP contribution in [0.1, 0.15) is 58.6 Å². The topological polar surface area (TPSA) is 138 Å². The summed E-state index contributed by atoms with van der Waals surface area (Å²) in [7, 11) is 0. The van der Waals surface area contributed by atoms with Gasteiger partial charge in [-0.25, -0.2) is 5.10 Å². The molecule has 0 aliphatic heterocycles. The smallest absolute Gasteiger partial charge is 0.277 e. The first kappa shape index (κ1) is 20.3. The lowest BCUT2D eigenvalue weighted by molar-refractivity contribution is -0.114. The summed E-state index contributed by atoms with van der Waals surface area (Å²) in [6.07, 6.45) is 3.68. The lowest BCUT2D eigenvalue weighted by Crippen LogP contribution is -2.29. The van der Waals surface area contributed by atoms with Crippen molar-refractivity contribution < 1.29 is 9.90 Å². The minimum atomic E-state index is -0.446. The summed E-state index contributed by atoms with van der Waals surface area (Å²) < 4.78 is 1.28. The number of carbonyl (C=O) groups excluding carboxylic acids is 1. The van der Waals surface area contributed by atoms with Crippen molar-refractivity contribution in [3.63, 3.8) is 0 Å². The Bertz CT molecular complexity index is 868. The molecular formula is C17H25N7O3. The van der Waals surface area contributed by atoms with Gasteiger partial charge in [-0.15, -0.1) is 10.2 Å². The molecule has 0 radical (unpaired) electrons. The molecule has 27 heavy (non-hydrogen) atoms. The van der Waals surface area contributed by atoms with Gasteiger partial charge in [-0.3, -0.25) is 14.2 Å². The van der Waals surface area contributed by atoms with Crippen LogP contribution in [0.5, 0.6) is 5.88 Å². The number of hydrogen-bond donors (Lipinski definition) is 3. The second-order valence-corrected chi connectivity index (χ2v) is 6.11. The average Bonchev–Trinajstić information content (AvgIpc) is 3.15. The third kappa shape index (κ3) is 4.39. The third-order valence-electron chi connectivity index (χ3n) is 4.22. The second-order valence-electron chi connectivity index (χ2n) is 6.11. The first-order valence-electron chi connectivity index (χ1n) is 8.99. The molecule has 2 rings (SSSR count). The Labute approximate surface area is 156 Å². The lowest BCUT2D eigenvalue weighted by Gasteiger charge is -2.22. The van der Waals surface area contributed by atoms with E-state index in [-0.39, 0.29) is 35.2 Å². The summed E-state index contributed by atoms with van der Waals surface area (Å²) in [4.78, 5) is 28.6. The number of rotatable bonds is 8. The zero-order valence-corrected chi connectivity index (χ0v) is 16.0. The predicted molar refractivity (Wildman–Crippen MR) is 101 cm³/mol. The average molecular weight is 375 g/mol. The summed E-state index contributed by atoms with van der Waals surface area (Å²) in [5, 5.41) is 27.8. The summed E-state index contributed by atoms with van der Waals surface area (Å²) >= 11 is 0. The van der Waals surface area contributed by atoms with Crippen LogP contribution in [0.15, 0.2) is 21.4 Å². The molecule has 0 bridgehead atoms. The van der Waals surface area contributed by atoms with E-state index in [1.165, 1.54) is 17.8 Å². The van der Waals surface area contributed by atoms with E-state index in [0.29, 0.717) is 31.2 Å². The molecular weight excluding hydrogens is 350 g/mol. The number of aromatic nitrogens is 4. The highest BCUT2D eigenvalue weighted by Gasteiger charge is 2.25. The van der Waals surface area contributed by atoms with Crippen molar-refractivity contribution in [2.75, 3.05) is 5.32 Å². The normalized spacial score (nSPS) is 11.4. The lowest BCUT2D eigenvalue weighted by atomic mass is 10.1. The van der Waals surface area contributed by atoms with Crippen LogP contribution in [-0.2, 0) is 11.2 Å². The van der Waals surface area contributed by atoms with Gasteiger partial charge in [0.1, 0.15) is 12.0 Å². The van der Waals surface area contributed by atoms with Crippen LogP contribution in [0, 0.1) is 0 Å². The fraction of sp³-hybridized carbons (Fsp3) is 0.529. The van der Waals surface area contributed by atoms with Crippen molar-refractivity contribution in [3.05, 3.63) is 22.2 Å². The Morgan fingerprint density at radius 3 is 2.56 bits per heavy atom. The third-order valence-corrected chi connectivity index (χ3v) is 4.22. The second kappa shape index (κ2) is 9.06. The number of aromatic hydroxyl groups is 1. The van der Waals surface area contributed by atoms with E-state index < -0.39 is 5.56 Å². The van der Waals surface area contributed by atoms with E-state index in [1.54, 1.807) is 0 Å². The zero-order valence-electron chi connectivity index (χ0n) is 16.0. The number of nitrogens with zero attached hydrogens (tertiary/aromatic N) is 5. The summed E-state index contributed by atoms with van der Waals surface area (Å²) in [6.45, 7) is 7.11. The summed E-state index contributed by atoms with van der Waals surface area (Å²) in [5.41, 5.74) is 0.267. The summed E-state index contributed by atoms with van der Waals surface area (Å²) in [6, 6.07) is -0.236. The Morgan fingerprint density at radius 1 is 1.33 bits per heavy atom. The number of pyridine rings is 1. The zero-order chi connectivity index (χ0) is 20.0. The van der Waals surface area contributed by atoms with Gasteiger partial charge in [0.15, 0.2) is 5.69 Å². The number of aromatic amines is 1. The Hall–Kier alpha value is -3.04. The summed E-state index contributed by atoms with van der Waals surface area (Å²) in [5.74, 6) is -0.475. The van der Waals surface area contributed by atoms with Gasteiger partial charge >= 0.3 is 0 Å². The molecule has 146 valence electrons. The molecule has 0 unspecified atom stereocenters. The van der Waals surface area contributed by atoms with Gasteiger partial charge < -0.3 is 10.4 Å². The monoisotopic (exact) mass is 375 g/mol. The van der Waals surface area contributed by atoms with Gasteiger partial charge in [-0.2, -0.15) is 10.1 Å². The molecule has 2 heterocycles. The van der Waals surface area contributed by atoms with E-state index in [1.807, 2.05) is 20.8 Å². The molecule has 0 aliphatic rings. The van der Waals surface area contributed by atoms with Crippen LogP contribution in [0.2, 0.25) is 0 Å². The highest BCUT2D eigenvalue weighted by Crippen LogP contribution is 2.37. The molecule has 0 aromatic carbocycles. The molecule has 0 atom stereocenters. The van der Waals surface area contributed by atoms with E-state index >= 15 is 0 Å². The highest BCUT2D eigenvalue weighted by atomic mass is 16.3. The van der Waals surface area contributed by atoms with Crippen molar-refractivity contribution in [1.82, 2.24) is 19.7 Å². The van der Waals surface area contributed by atoms with E-state index in [9.17, 15) is 14.7 Å². The maximum absolute atomic E-state index is 13.1. The molecule has 10 heteroatoms. The van der Waals surface area contributed by atoms with Gasteiger partial charge in [0, 0.05) is 18.5 Å². The quantitative estimate of drug-likeness (QED) is 0.607. The number of amides is 1. The van der Waals surface area contributed by atoms with E-state index in [2.05, 4.69) is 30.7 Å². The Morgan fingerprint density at radius 2 is 2.04 bits per heavy atom. The predicted octanol–water partition coefficient (Wildman–Crippen LogP) is 3.36. The fourth-order valence-corrected chi connectivity index (χ4v) is 2.95. The van der Waals surface area contributed by atoms with Gasteiger partial charge in [0.05, 0.1) is 0 Å². The highest BCUT2D eigenvalue weighted by molar-refractivity contribution is 5.90. The molecule has 2 aromatic rings. The van der Waals surface area contributed by atoms with Crippen LogP contribution in [0.4, 0.5) is 17.3 Å². The number of azo groups is 1.